The van der Waals surface area contributed by atoms with Gasteiger partial charge in [-0.25, -0.2) is 4.79 Å². The molecule has 10 heavy (non-hydrogen) atoms. The van der Waals surface area contributed by atoms with E-state index in [-0.39, 0.29) is 6.03 Å². The van der Waals surface area contributed by atoms with Crippen molar-refractivity contribution in [3.63, 3.8) is 0 Å². The Morgan fingerprint density at radius 1 is 1.50 bits per heavy atom. The highest BCUT2D eigenvalue weighted by Gasteiger charge is 1.96. The van der Waals surface area contributed by atoms with Crippen molar-refractivity contribution in [1.29, 1.82) is 0 Å². The van der Waals surface area contributed by atoms with Crippen molar-refractivity contribution in [2.75, 3.05) is 14.1 Å². The van der Waals surface area contributed by atoms with Crippen LogP contribution in [0.2, 0.25) is 0 Å². The quantitative estimate of drug-likeness (QED) is 0.435. The Bertz CT molecular complexity index is 152. The van der Waals surface area contributed by atoms with E-state index < -0.39 is 0 Å². The molecule has 0 aromatic carbocycles. The van der Waals surface area contributed by atoms with E-state index >= 15 is 0 Å². The normalized spacial score (nSPS) is 9.40. The lowest BCUT2D eigenvalue weighted by atomic mass is 10.6. The fourth-order valence-electron chi connectivity index (χ4n) is 0.288. The zero-order chi connectivity index (χ0) is 7.98. The molecule has 0 saturated heterocycles. The Labute approximate surface area is 59.5 Å². The first kappa shape index (κ1) is 8.68. The summed E-state index contributed by atoms with van der Waals surface area (Å²) in [5, 5.41) is 2.36. The minimum atomic E-state index is -0.252. The van der Waals surface area contributed by atoms with Crippen molar-refractivity contribution in [2.24, 2.45) is 0 Å². The largest absolute Gasteiger partial charge is 0.331 e. The molecule has 0 aromatic heterocycles. The number of rotatable bonds is 2. The molecule has 1 N–H and O–H groups in total. The Kier molecular flexibility index (Phi) is 3.95. The van der Waals surface area contributed by atoms with Gasteiger partial charge >= 0.3 is 6.03 Å². The van der Waals surface area contributed by atoms with E-state index in [2.05, 4.69) is 5.32 Å². The minimum absolute atomic E-state index is 0.252. The van der Waals surface area contributed by atoms with E-state index in [0.29, 0.717) is 6.29 Å². The molecule has 0 aliphatic heterocycles. The molecule has 0 fully saturated rings. The Morgan fingerprint density at radius 3 is 2.50 bits per heavy atom. The first-order valence-corrected chi connectivity index (χ1v) is 2.76. The number of allylic oxidation sites excluding steroid dienone is 1. The van der Waals surface area contributed by atoms with E-state index in [1.54, 1.807) is 14.1 Å². The number of nitrogens with one attached hydrogen (secondary N) is 1. The maximum Gasteiger partial charge on any atom is 0.320 e. The average molecular weight is 142 g/mol. The zero-order valence-corrected chi connectivity index (χ0v) is 6.00. The molecule has 0 radical (unpaired) electrons. The van der Waals surface area contributed by atoms with E-state index in [1.807, 2.05) is 0 Å². The summed E-state index contributed by atoms with van der Waals surface area (Å²) in [6, 6.07) is -0.252. The number of hydrogen-bond donors (Lipinski definition) is 1. The molecule has 0 unspecified atom stereocenters. The first-order chi connectivity index (χ1) is 4.68. The summed E-state index contributed by atoms with van der Waals surface area (Å²) >= 11 is 0. The molecule has 0 atom stereocenters. The summed E-state index contributed by atoms with van der Waals surface area (Å²) in [5.41, 5.74) is 0. The average Bonchev–Trinajstić information content (AvgIpc) is 1.88. The molecule has 0 rings (SSSR count). The van der Waals surface area contributed by atoms with Crippen LogP contribution in [0, 0.1) is 0 Å². The number of aldehydes is 1. The van der Waals surface area contributed by atoms with Crippen LogP contribution in [-0.4, -0.2) is 31.3 Å². The molecule has 4 nitrogen and oxygen atoms in total. The highest BCUT2D eigenvalue weighted by Crippen LogP contribution is 1.75. The number of urea groups is 1. The lowest BCUT2D eigenvalue weighted by Crippen LogP contribution is -2.30. The molecular formula is C6H10N2O2. The Balaban J connectivity index is 3.59. The molecule has 0 bridgehead atoms. The third kappa shape index (κ3) is 3.65. The minimum Gasteiger partial charge on any atom is -0.331 e. The standard InChI is InChI=1S/C6H10N2O2/c1-8(2)6(10)7-4-3-5-9/h3-5H,1-2H3,(H,7,10)/b4-3-. The maximum atomic E-state index is 10.7. The van der Waals surface area contributed by atoms with Crippen LogP contribution in [0.4, 0.5) is 4.79 Å². The second-order valence-electron chi connectivity index (χ2n) is 1.84. The fourth-order valence-corrected chi connectivity index (χ4v) is 0.288. The third-order valence-electron chi connectivity index (χ3n) is 0.788. The Morgan fingerprint density at radius 2 is 2.10 bits per heavy atom. The van der Waals surface area contributed by atoms with Crippen LogP contribution in [0.5, 0.6) is 0 Å². The van der Waals surface area contributed by atoms with Gasteiger partial charge < -0.3 is 10.2 Å². The summed E-state index contributed by atoms with van der Waals surface area (Å²) in [7, 11) is 3.23. The second kappa shape index (κ2) is 4.55. The van der Waals surface area contributed by atoms with Gasteiger partial charge in [-0.05, 0) is 6.08 Å². The van der Waals surface area contributed by atoms with Crippen molar-refractivity contribution in [1.82, 2.24) is 10.2 Å². The molecule has 56 valence electrons. The van der Waals surface area contributed by atoms with Gasteiger partial charge in [-0.2, -0.15) is 0 Å². The van der Waals surface area contributed by atoms with Crippen LogP contribution in [-0.2, 0) is 4.79 Å². The third-order valence-corrected chi connectivity index (χ3v) is 0.788. The van der Waals surface area contributed by atoms with Crippen LogP contribution >= 0.6 is 0 Å². The molecule has 0 aromatic rings. The van der Waals surface area contributed by atoms with Crippen molar-refractivity contribution < 1.29 is 9.59 Å². The van der Waals surface area contributed by atoms with E-state index in [1.165, 1.54) is 17.2 Å². The van der Waals surface area contributed by atoms with Gasteiger partial charge in [0.25, 0.3) is 0 Å². The molecular weight excluding hydrogens is 132 g/mol. The predicted octanol–water partition coefficient (Wildman–Crippen LogP) is -0.0298. The number of carbonyl (C=O) groups excluding carboxylic acids is 2. The van der Waals surface area contributed by atoms with E-state index in [9.17, 15) is 9.59 Å². The van der Waals surface area contributed by atoms with Crippen molar-refractivity contribution in [3.8, 4) is 0 Å². The summed E-state index contributed by atoms with van der Waals surface area (Å²) in [5.74, 6) is 0. The molecule has 2 amide bonds. The van der Waals surface area contributed by atoms with Crippen LogP contribution in [0.15, 0.2) is 12.3 Å². The van der Waals surface area contributed by atoms with Crippen LogP contribution in [0.3, 0.4) is 0 Å². The summed E-state index contributed by atoms with van der Waals surface area (Å²) in [6.45, 7) is 0. The van der Waals surface area contributed by atoms with Crippen molar-refractivity contribution >= 4 is 12.3 Å². The van der Waals surface area contributed by atoms with Gasteiger partial charge in [0, 0.05) is 20.3 Å². The van der Waals surface area contributed by atoms with E-state index in [0.717, 1.165) is 0 Å². The van der Waals surface area contributed by atoms with Gasteiger partial charge in [0.1, 0.15) is 6.29 Å². The number of amides is 2. The van der Waals surface area contributed by atoms with Gasteiger partial charge in [-0.3, -0.25) is 4.79 Å². The number of carbonyl (C=O) groups is 2. The Hall–Kier alpha value is -1.32. The molecule has 0 heterocycles. The van der Waals surface area contributed by atoms with Gasteiger partial charge in [-0.15, -0.1) is 0 Å². The SMILES string of the molecule is CN(C)C(=O)N/C=C\C=O. The lowest BCUT2D eigenvalue weighted by molar-refractivity contribution is -0.104. The zero-order valence-electron chi connectivity index (χ0n) is 6.00. The molecule has 0 saturated carbocycles. The highest BCUT2D eigenvalue weighted by molar-refractivity contribution is 5.75. The lowest BCUT2D eigenvalue weighted by Gasteiger charge is -2.07. The highest BCUT2D eigenvalue weighted by atomic mass is 16.2. The van der Waals surface area contributed by atoms with Crippen molar-refractivity contribution in [2.45, 2.75) is 0 Å². The smallest absolute Gasteiger partial charge is 0.320 e. The van der Waals surface area contributed by atoms with Gasteiger partial charge in [-0.1, -0.05) is 0 Å². The molecule has 4 heteroatoms. The van der Waals surface area contributed by atoms with E-state index in [4.69, 9.17) is 0 Å². The first-order valence-electron chi connectivity index (χ1n) is 2.76. The van der Waals surface area contributed by atoms with Crippen LogP contribution < -0.4 is 5.32 Å². The van der Waals surface area contributed by atoms with Gasteiger partial charge in [0.15, 0.2) is 0 Å². The molecule has 0 aliphatic carbocycles. The maximum absolute atomic E-state index is 10.7. The fraction of sp³-hybridized carbons (Fsp3) is 0.333. The molecule has 0 aliphatic rings. The van der Waals surface area contributed by atoms with Crippen molar-refractivity contribution in [3.05, 3.63) is 12.3 Å². The number of hydrogen-bond acceptors (Lipinski definition) is 2. The second-order valence-corrected chi connectivity index (χ2v) is 1.84. The summed E-state index contributed by atoms with van der Waals surface area (Å²) < 4.78 is 0. The topological polar surface area (TPSA) is 49.4 Å². The van der Waals surface area contributed by atoms with Gasteiger partial charge in [0.2, 0.25) is 0 Å². The molecule has 0 spiro atoms. The van der Waals surface area contributed by atoms with Crippen LogP contribution in [0.25, 0.3) is 0 Å². The van der Waals surface area contributed by atoms with Crippen LogP contribution in [0.1, 0.15) is 0 Å². The summed E-state index contributed by atoms with van der Waals surface area (Å²) in [4.78, 5) is 21.7. The summed E-state index contributed by atoms with van der Waals surface area (Å²) in [6.07, 6.45) is 3.09. The monoisotopic (exact) mass is 142 g/mol. The van der Waals surface area contributed by atoms with Gasteiger partial charge in [0.05, 0.1) is 0 Å². The predicted molar refractivity (Wildman–Crippen MR) is 37.4 cm³/mol. The number of nitrogens with zero attached hydrogens (tertiary/aromatic N) is 1.